The smallest absolute Gasteiger partial charge is 0.343 e. The fourth-order valence-corrected chi connectivity index (χ4v) is 2.76. The third-order valence-corrected chi connectivity index (χ3v) is 4.50. The van der Waals surface area contributed by atoms with E-state index in [0.717, 1.165) is 5.56 Å². The molecule has 0 aliphatic carbocycles. The summed E-state index contributed by atoms with van der Waals surface area (Å²) in [5.74, 6) is -0.134. The summed E-state index contributed by atoms with van der Waals surface area (Å²) < 4.78 is 11.1. The lowest BCUT2D eigenvalue weighted by molar-refractivity contribution is 0.0728. The standard InChI is InChI=1S/C24H21ClN2O4/c1-3-30-22-14-17(15-26-27-23(28)18-9-11-20(25)12-10-18)6-13-21(22)31-24(29)19-7-4-16(2)5-8-19/h4-15H,3H2,1-2H3,(H,27,28)/b26-15+. The number of aryl methyl sites for hydroxylation is 1. The minimum atomic E-state index is -0.474. The van der Waals surface area contributed by atoms with E-state index in [0.29, 0.717) is 39.8 Å². The molecule has 1 amide bonds. The van der Waals surface area contributed by atoms with Crippen molar-refractivity contribution in [1.82, 2.24) is 5.43 Å². The van der Waals surface area contributed by atoms with Crippen LogP contribution in [0.1, 0.15) is 38.8 Å². The lowest BCUT2D eigenvalue weighted by Crippen LogP contribution is -2.17. The number of esters is 1. The quantitative estimate of drug-likeness (QED) is 0.244. The van der Waals surface area contributed by atoms with Gasteiger partial charge >= 0.3 is 5.97 Å². The monoisotopic (exact) mass is 436 g/mol. The van der Waals surface area contributed by atoms with Gasteiger partial charge in [-0.3, -0.25) is 4.79 Å². The predicted octanol–water partition coefficient (Wildman–Crippen LogP) is 5.03. The van der Waals surface area contributed by atoms with Crippen molar-refractivity contribution >= 4 is 29.7 Å². The summed E-state index contributed by atoms with van der Waals surface area (Å²) in [6.45, 7) is 4.17. The molecule has 0 fully saturated rings. The Hall–Kier alpha value is -3.64. The van der Waals surface area contributed by atoms with E-state index in [1.807, 2.05) is 26.0 Å². The topological polar surface area (TPSA) is 77.0 Å². The van der Waals surface area contributed by atoms with Gasteiger partial charge in [-0.05, 0) is 74.0 Å². The number of hydrazone groups is 1. The molecule has 0 aliphatic heterocycles. The van der Waals surface area contributed by atoms with Crippen molar-refractivity contribution in [1.29, 1.82) is 0 Å². The molecule has 3 aromatic rings. The molecule has 0 aliphatic rings. The first-order valence-electron chi connectivity index (χ1n) is 9.61. The van der Waals surface area contributed by atoms with Crippen LogP contribution >= 0.6 is 11.6 Å². The largest absolute Gasteiger partial charge is 0.490 e. The lowest BCUT2D eigenvalue weighted by Gasteiger charge is -2.11. The predicted molar refractivity (Wildman–Crippen MR) is 120 cm³/mol. The van der Waals surface area contributed by atoms with Gasteiger partial charge in [-0.2, -0.15) is 5.10 Å². The molecule has 3 rings (SSSR count). The molecule has 0 atom stereocenters. The molecule has 1 N–H and O–H groups in total. The summed E-state index contributed by atoms with van der Waals surface area (Å²) in [5.41, 5.74) is 5.06. The Morgan fingerprint density at radius 3 is 2.32 bits per heavy atom. The van der Waals surface area contributed by atoms with Crippen LogP contribution in [0, 0.1) is 6.92 Å². The highest BCUT2D eigenvalue weighted by Crippen LogP contribution is 2.29. The highest BCUT2D eigenvalue weighted by Gasteiger charge is 2.13. The van der Waals surface area contributed by atoms with Crippen molar-refractivity contribution in [3.8, 4) is 11.5 Å². The fourth-order valence-electron chi connectivity index (χ4n) is 2.64. The minimum absolute atomic E-state index is 0.301. The maximum absolute atomic E-state index is 12.4. The summed E-state index contributed by atoms with van der Waals surface area (Å²) in [5, 5.41) is 4.52. The average molecular weight is 437 g/mol. The fraction of sp³-hybridized carbons (Fsp3) is 0.125. The van der Waals surface area contributed by atoms with E-state index in [2.05, 4.69) is 10.5 Å². The van der Waals surface area contributed by atoms with Crippen LogP contribution in [0.25, 0.3) is 0 Å². The third kappa shape index (κ3) is 6.17. The van der Waals surface area contributed by atoms with Gasteiger partial charge in [0.25, 0.3) is 5.91 Å². The van der Waals surface area contributed by atoms with Gasteiger partial charge in [0, 0.05) is 10.6 Å². The number of benzene rings is 3. The molecule has 0 heterocycles. The first-order chi connectivity index (χ1) is 15.0. The van der Waals surface area contributed by atoms with E-state index in [-0.39, 0.29) is 5.91 Å². The number of carbonyl (C=O) groups excluding carboxylic acids is 2. The highest BCUT2D eigenvalue weighted by atomic mass is 35.5. The van der Waals surface area contributed by atoms with Gasteiger partial charge in [0.15, 0.2) is 11.5 Å². The van der Waals surface area contributed by atoms with Crippen LogP contribution in [0.15, 0.2) is 71.8 Å². The second kappa shape index (κ2) is 10.4. The van der Waals surface area contributed by atoms with Crippen LogP contribution < -0.4 is 14.9 Å². The zero-order valence-corrected chi connectivity index (χ0v) is 17.8. The Morgan fingerprint density at radius 1 is 0.968 bits per heavy atom. The molecule has 3 aromatic carbocycles. The SMILES string of the molecule is CCOc1cc(/C=N/NC(=O)c2ccc(Cl)cc2)ccc1OC(=O)c1ccc(C)cc1. The maximum Gasteiger partial charge on any atom is 0.343 e. The maximum atomic E-state index is 12.4. The van der Waals surface area contributed by atoms with Crippen molar-refractivity contribution in [2.24, 2.45) is 5.10 Å². The van der Waals surface area contributed by atoms with Gasteiger partial charge in [-0.15, -0.1) is 0 Å². The number of hydrogen-bond donors (Lipinski definition) is 1. The number of rotatable bonds is 7. The number of nitrogens with one attached hydrogen (secondary N) is 1. The summed E-state index contributed by atoms with van der Waals surface area (Å²) in [4.78, 5) is 24.5. The Kier molecular flexibility index (Phi) is 7.40. The van der Waals surface area contributed by atoms with Crippen molar-refractivity contribution in [3.63, 3.8) is 0 Å². The molecule has 0 aromatic heterocycles. The van der Waals surface area contributed by atoms with Crippen LogP contribution in [0.2, 0.25) is 5.02 Å². The second-order valence-corrected chi connectivity index (χ2v) is 7.04. The van der Waals surface area contributed by atoms with Crippen molar-refractivity contribution in [3.05, 3.63) is 94.0 Å². The van der Waals surface area contributed by atoms with Gasteiger partial charge in [-0.1, -0.05) is 29.3 Å². The minimum Gasteiger partial charge on any atom is -0.490 e. The Labute approximate surface area is 185 Å². The van der Waals surface area contributed by atoms with Crippen molar-refractivity contribution < 1.29 is 19.1 Å². The second-order valence-electron chi connectivity index (χ2n) is 6.60. The molecule has 0 saturated heterocycles. The number of nitrogens with zero attached hydrogens (tertiary/aromatic N) is 1. The van der Waals surface area contributed by atoms with Crippen LogP contribution in [-0.4, -0.2) is 24.7 Å². The molecular formula is C24H21ClN2O4. The molecule has 6 nitrogen and oxygen atoms in total. The summed E-state index contributed by atoms with van der Waals surface area (Å²) in [6, 6.07) is 18.6. The van der Waals surface area contributed by atoms with E-state index in [1.165, 1.54) is 6.21 Å². The normalized spacial score (nSPS) is 10.7. The molecule has 0 spiro atoms. The van der Waals surface area contributed by atoms with Gasteiger partial charge in [-0.25, -0.2) is 10.2 Å². The van der Waals surface area contributed by atoms with Crippen LogP contribution in [-0.2, 0) is 0 Å². The third-order valence-electron chi connectivity index (χ3n) is 4.24. The van der Waals surface area contributed by atoms with Crippen LogP contribution in [0.3, 0.4) is 0 Å². The first-order valence-corrected chi connectivity index (χ1v) is 9.98. The summed E-state index contributed by atoms with van der Waals surface area (Å²) >= 11 is 5.82. The van der Waals surface area contributed by atoms with Crippen LogP contribution in [0.5, 0.6) is 11.5 Å². The molecule has 0 bridgehead atoms. The van der Waals surface area contributed by atoms with Gasteiger partial charge < -0.3 is 9.47 Å². The van der Waals surface area contributed by atoms with Crippen molar-refractivity contribution in [2.45, 2.75) is 13.8 Å². The van der Waals surface area contributed by atoms with E-state index in [1.54, 1.807) is 54.6 Å². The van der Waals surface area contributed by atoms with E-state index in [9.17, 15) is 9.59 Å². The number of hydrogen-bond acceptors (Lipinski definition) is 5. The zero-order valence-electron chi connectivity index (χ0n) is 17.1. The Bertz CT molecular complexity index is 1090. The number of carbonyl (C=O) groups is 2. The molecule has 158 valence electrons. The molecule has 0 saturated carbocycles. The van der Waals surface area contributed by atoms with E-state index in [4.69, 9.17) is 21.1 Å². The van der Waals surface area contributed by atoms with E-state index < -0.39 is 5.97 Å². The van der Waals surface area contributed by atoms with Crippen LogP contribution in [0.4, 0.5) is 0 Å². The zero-order chi connectivity index (χ0) is 22.2. The van der Waals surface area contributed by atoms with Crippen molar-refractivity contribution in [2.75, 3.05) is 6.61 Å². The summed E-state index contributed by atoms with van der Waals surface area (Å²) in [7, 11) is 0. The number of ether oxygens (including phenoxy) is 2. The molecule has 7 heteroatoms. The molecule has 0 radical (unpaired) electrons. The van der Waals surface area contributed by atoms with Gasteiger partial charge in [0.05, 0.1) is 18.4 Å². The van der Waals surface area contributed by atoms with Gasteiger partial charge in [0.2, 0.25) is 0 Å². The number of amides is 1. The average Bonchev–Trinajstić information content (AvgIpc) is 2.76. The lowest BCUT2D eigenvalue weighted by atomic mass is 10.1. The van der Waals surface area contributed by atoms with Gasteiger partial charge in [0.1, 0.15) is 0 Å². The highest BCUT2D eigenvalue weighted by molar-refractivity contribution is 6.30. The molecule has 0 unspecified atom stereocenters. The summed E-state index contributed by atoms with van der Waals surface area (Å²) in [6.07, 6.45) is 1.47. The molecular weight excluding hydrogens is 416 g/mol. The Balaban J connectivity index is 1.69. The van der Waals surface area contributed by atoms with E-state index >= 15 is 0 Å². The first kappa shape index (κ1) is 22.1. The molecule has 31 heavy (non-hydrogen) atoms. The Morgan fingerprint density at radius 2 is 1.65 bits per heavy atom. The number of halogens is 1.